The smallest absolute Gasteiger partial charge is 0.123 e. The van der Waals surface area contributed by atoms with Gasteiger partial charge in [0, 0.05) is 21.8 Å². The van der Waals surface area contributed by atoms with E-state index in [0.717, 1.165) is 24.7 Å². The van der Waals surface area contributed by atoms with E-state index in [-0.39, 0.29) is 5.75 Å². The van der Waals surface area contributed by atoms with Crippen LogP contribution in [-0.2, 0) is 0 Å². The Balaban J connectivity index is 2.29. The molecule has 18 heavy (non-hydrogen) atoms. The number of aromatic hydroxyl groups is 1. The third-order valence-corrected chi connectivity index (χ3v) is 4.13. The molecule has 5 heteroatoms. The van der Waals surface area contributed by atoms with Crippen molar-refractivity contribution in [2.24, 2.45) is 0 Å². The van der Waals surface area contributed by atoms with Gasteiger partial charge in [0.1, 0.15) is 5.75 Å². The predicted octanol–water partition coefficient (Wildman–Crippen LogP) is 4.07. The quantitative estimate of drug-likeness (QED) is 0.609. The van der Waals surface area contributed by atoms with Crippen LogP contribution in [0.1, 0.15) is 0 Å². The Kier molecular flexibility index (Phi) is 3.03. The minimum atomic E-state index is 0.269. The standard InChI is InChI=1S/C13H8BrIN2O/c14-10-5-8(9-3-1-2-4-12(9)18)7-17-13(10)11(15)6-16-17/h1-7,18H. The van der Waals surface area contributed by atoms with Crippen molar-refractivity contribution in [3.63, 3.8) is 0 Å². The van der Waals surface area contributed by atoms with E-state index in [1.165, 1.54) is 0 Å². The van der Waals surface area contributed by atoms with Crippen LogP contribution in [0.15, 0.2) is 47.2 Å². The first-order chi connectivity index (χ1) is 8.66. The highest BCUT2D eigenvalue weighted by Crippen LogP contribution is 2.33. The third-order valence-electron chi connectivity index (χ3n) is 2.74. The van der Waals surface area contributed by atoms with Crippen LogP contribution in [0.4, 0.5) is 0 Å². The van der Waals surface area contributed by atoms with Gasteiger partial charge in [-0.2, -0.15) is 5.10 Å². The van der Waals surface area contributed by atoms with Gasteiger partial charge in [0.05, 0.1) is 15.3 Å². The number of benzene rings is 1. The summed E-state index contributed by atoms with van der Waals surface area (Å²) in [6.45, 7) is 0. The second kappa shape index (κ2) is 4.55. The topological polar surface area (TPSA) is 37.5 Å². The summed E-state index contributed by atoms with van der Waals surface area (Å²) in [5.41, 5.74) is 2.76. The van der Waals surface area contributed by atoms with Crippen LogP contribution in [-0.4, -0.2) is 14.7 Å². The summed E-state index contributed by atoms with van der Waals surface area (Å²) in [5, 5.41) is 14.2. The van der Waals surface area contributed by atoms with Crippen molar-refractivity contribution in [2.45, 2.75) is 0 Å². The molecule has 90 valence electrons. The molecule has 0 atom stereocenters. The normalized spacial score (nSPS) is 11.0. The molecule has 0 fully saturated rings. The molecule has 1 N–H and O–H groups in total. The highest BCUT2D eigenvalue weighted by atomic mass is 127. The van der Waals surface area contributed by atoms with Gasteiger partial charge >= 0.3 is 0 Å². The van der Waals surface area contributed by atoms with Crippen molar-refractivity contribution in [1.29, 1.82) is 0 Å². The average molecular weight is 415 g/mol. The number of hydrogen-bond acceptors (Lipinski definition) is 2. The molecule has 2 heterocycles. The van der Waals surface area contributed by atoms with Crippen LogP contribution >= 0.6 is 38.5 Å². The van der Waals surface area contributed by atoms with Crippen LogP contribution in [0, 0.1) is 3.57 Å². The van der Waals surface area contributed by atoms with E-state index in [0.29, 0.717) is 0 Å². The third kappa shape index (κ3) is 1.91. The summed E-state index contributed by atoms with van der Waals surface area (Å²) in [5.74, 6) is 0.269. The summed E-state index contributed by atoms with van der Waals surface area (Å²) < 4.78 is 3.86. The van der Waals surface area contributed by atoms with Crippen LogP contribution in [0.3, 0.4) is 0 Å². The molecule has 0 aliphatic rings. The Morgan fingerprint density at radius 2 is 2.06 bits per heavy atom. The molecule has 0 spiro atoms. The molecular formula is C13H8BrIN2O. The summed E-state index contributed by atoms with van der Waals surface area (Å²) in [6.07, 6.45) is 3.73. The van der Waals surface area contributed by atoms with Crippen molar-refractivity contribution in [3.8, 4) is 16.9 Å². The second-order valence-electron chi connectivity index (χ2n) is 3.88. The largest absolute Gasteiger partial charge is 0.507 e. The number of phenols is 1. The monoisotopic (exact) mass is 414 g/mol. The van der Waals surface area contributed by atoms with Crippen molar-refractivity contribution in [1.82, 2.24) is 9.61 Å². The molecule has 2 aromatic heterocycles. The minimum Gasteiger partial charge on any atom is -0.507 e. The lowest BCUT2D eigenvalue weighted by Gasteiger charge is -2.06. The number of halogens is 2. The Hall–Kier alpha value is -1.08. The summed E-state index contributed by atoms with van der Waals surface area (Å²) >= 11 is 5.80. The fraction of sp³-hybridized carbons (Fsp3) is 0. The summed E-state index contributed by atoms with van der Waals surface area (Å²) in [7, 11) is 0. The fourth-order valence-electron chi connectivity index (χ4n) is 1.90. The zero-order valence-electron chi connectivity index (χ0n) is 9.14. The number of aromatic nitrogens is 2. The molecule has 0 bridgehead atoms. The highest BCUT2D eigenvalue weighted by Gasteiger charge is 2.10. The van der Waals surface area contributed by atoms with Crippen LogP contribution in [0.25, 0.3) is 16.6 Å². The van der Waals surface area contributed by atoms with Gasteiger partial charge < -0.3 is 5.11 Å². The van der Waals surface area contributed by atoms with E-state index in [9.17, 15) is 5.11 Å². The Bertz CT molecular complexity index is 739. The van der Waals surface area contributed by atoms with Crippen LogP contribution in [0.2, 0.25) is 0 Å². The lowest BCUT2D eigenvalue weighted by atomic mass is 10.1. The van der Waals surface area contributed by atoms with Crippen LogP contribution in [0.5, 0.6) is 5.75 Å². The van der Waals surface area contributed by atoms with Crippen molar-refractivity contribution < 1.29 is 5.11 Å². The first-order valence-electron chi connectivity index (χ1n) is 5.27. The maximum atomic E-state index is 9.89. The molecule has 1 aromatic carbocycles. The number of para-hydroxylation sites is 1. The van der Waals surface area contributed by atoms with Gasteiger partial charge in [-0.05, 0) is 50.7 Å². The van der Waals surface area contributed by atoms with Gasteiger partial charge in [-0.25, -0.2) is 4.52 Å². The van der Waals surface area contributed by atoms with Crippen molar-refractivity contribution in [2.75, 3.05) is 0 Å². The predicted molar refractivity (Wildman–Crippen MR) is 82.7 cm³/mol. The Labute approximate surface area is 126 Å². The van der Waals surface area contributed by atoms with E-state index in [1.54, 1.807) is 6.07 Å². The minimum absolute atomic E-state index is 0.269. The van der Waals surface area contributed by atoms with E-state index < -0.39 is 0 Å². The first-order valence-corrected chi connectivity index (χ1v) is 7.15. The number of pyridine rings is 1. The number of rotatable bonds is 1. The average Bonchev–Trinajstić information content (AvgIpc) is 2.72. The van der Waals surface area contributed by atoms with E-state index in [1.807, 2.05) is 41.2 Å². The lowest BCUT2D eigenvalue weighted by molar-refractivity contribution is 0.477. The highest BCUT2D eigenvalue weighted by molar-refractivity contribution is 14.1. The zero-order valence-corrected chi connectivity index (χ0v) is 12.9. The first kappa shape index (κ1) is 12.0. The summed E-state index contributed by atoms with van der Waals surface area (Å²) in [6, 6.07) is 9.27. The molecule has 0 amide bonds. The van der Waals surface area contributed by atoms with E-state index in [4.69, 9.17) is 0 Å². The van der Waals surface area contributed by atoms with Gasteiger partial charge in [-0.3, -0.25) is 0 Å². The molecule has 0 unspecified atom stereocenters. The van der Waals surface area contributed by atoms with E-state index in [2.05, 4.69) is 43.6 Å². The molecule has 3 aromatic rings. The van der Waals surface area contributed by atoms with Gasteiger partial charge in [-0.1, -0.05) is 18.2 Å². The fourth-order valence-corrected chi connectivity index (χ4v) is 3.58. The second-order valence-corrected chi connectivity index (χ2v) is 5.90. The molecule has 0 saturated carbocycles. The van der Waals surface area contributed by atoms with Crippen molar-refractivity contribution >= 4 is 44.0 Å². The maximum absolute atomic E-state index is 9.89. The van der Waals surface area contributed by atoms with E-state index >= 15 is 0 Å². The van der Waals surface area contributed by atoms with Gasteiger partial charge in [0.25, 0.3) is 0 Å². The molecule has 3 nitrogen and oxygen atoms in total. The molecule has 3 rings (SSSR count). The number of fused-ring (bicyclic) bond motifs is 1. The number of phenolic OH excluding ortho intramolecular Hbond substituents is 1. The summed E-state index contributed by atoms with van der Waals surface area (Å²) in [4.78, 5) is 0. The van der Waals surface area contributed by atoms with Gasteiger partial charge in [0.15, 0.2) is 0 Å². The SMILES string of the molecule is Oc1ccccc1-c1cc(Br)c2c(I)cnn2c1. The number of hydrogen-bond donors (Lipinski definition) is 1. The van der Waals surface area contributed by atoms with Crippen LogP contribution < -0.4 is 0 Å². The number of nitrogens with zero attached hydrogens (tertiary/aromatic N) is 2. The van der Waals surface area contributed by atoms with Gasteiger partial charge in [0.2, 0.25) is 0 Å². The zero-order chi connectivity index (χ0) is 12.7. The Morgan fingerprint density at radius 3 is 2.83 bits per heavy atom. The Morgan fingerprint density at radius 1 is 1.28 bits per heavy atom. The molecule has 0 radical (unpaired) electrons. The van der Waals surface area contributed by atoms with Crippen molar-refractivity contribution in [3.05, 3.63) is 50.8 Å². The molecule has 0 aliphatic heterocycles. The van der Waals surface area contributed by atoms with Gasteiger partial charge in [-0.15, -0.1) is 0 Å². The molecular weight excluding hydrogens is 407 g/mol. The molecule has 0 aliphatic carbocycles. The lowest BCUT2D eigenvalue weighted by Crippen LogP contribution is -1.90. The maximum Gasteiger partial charge on any atom is 0.123 e. The molecule has 0 saturated heterocycles.